The Morgan fingerprint density at radius 1 is 1.50 bits per heavy atom. The maximum Gasteiger partial charge on any atom is 0.0573 e. The van der Waals surface area contributed by atoms with Crippen LogP contribution >= 0.6 is 15.9 Å². The molecule has 62 valence electrons. The number of hydrogen-bond acceptors (Lipinski definition) is 1. The molecule has 0 radical (unpaired) electrons. The highest BCUT2D eigenvalue weighted by molar-refractivity contribution is 9.09. The molecule has 2 heteroatoms. The van der Waals surface area contributed by atoms with Crippen molar-refractivity contribution in [2.24, 2.45) is 5.92 Å². The molecule has 0 bridgehead atoms. The zero-order valence-corrected chi connectivity index (χ0v) is 8.39. The molecule has 0 aliphatic heterocycles. The van der Waals surface area contributed by atoms with Crippen molar-refractivity contribution < 1.29 is 5.11 Å². The van der Waals surface area contributed by atoms with Gasteiger partial charge in [-0.1, -0.05) is 42.6 Å². The Bertz CT molecular complexity index is 75.7. The smallest absolute Gasteiger partial charge is 0.0573 e. The average Bonchev–Trinajstić information content (AvgIpc) is 1.98. The van der Waals surface area contributed by atoms with E-state index in [9.17, 15) is 5.11 Å². The van der Waals surface area contributed by atoms with Crippen molar-refractivity contribution >= 4 is 15.9 Å². The lowest BCUT2D eigenvalue weighted by atomic mass is 10.0. The molecule has 0 aliphatic carbocycles. The zero-order chi connectivity index (χ0) is 7.98. The highest BCUT2D eigenvalue weighted by Crippen LogP contribution is 2.12. The first-order chi connectivity index (χ1) is 4.72. The third-order valence-corrected chi connectivity index (χ3v) is 2.77. The van der Waals surface area contributed by atoms with Gasteiger partial charge in [-0.25, -0.2) is 0 Å². The highest BCUT2D eigenvalue weighted by atomic mass is 79.9. The normalized spacial score (nSPS) is 16.8. The lowest BCUT2D eigenvalue weighted by Crippen LogP contribution is -2.18. The van der Waals surface area contributed by atoms with Gasteiger partial charge >= 0.3 is 0 Å². The molecule has 1 nitrogen and oxygen atoms in total. The predicted octanol–water partition coefficient (Wildman–Crippen LogP) is 2.57. The number of aliphatic hydroxyl groups is 1. The fraction of sp³-hybridized carbons (Fsp3) is 1.00. The van der Waals surface area contributed by atoms with E-state index in [2.05, 4.69) is 29.8 Å². The number of alkyl halides is 1. The van der Waals surface area contributed by atoms with Crippen LogP contribution in [-0.4, -0.2) is 16.5 Å². The fourth-order valence-electron chi connectivity index (χ4n) is 0.801. The molecule has 0 saturated carbocycles. The summed E-state index contributed by atoms with van der Waals surface area (Å²) in [6.45, 7) is 4.21. The fourth-order valence-corrected chi connectivity index (χ4v) is 1.23. The minimum atomic E-state index is -0.112. The minimum absolute atomic E-state index is 0.112. The van der Waals surface area contributed by atoms with Crippen LogP contribution in [0.5, 0.6) is 0 Å². The lowest BCUT2D eigenvalue weighted by molar-refractivity contribution is 0.116. The van der Waals surface area contributed by atoms with Crippen molar-refractivity contribution in [2.75, 3.05) is 5.33 Å². The second-order valence-corrected chi connectivity index (χ2v) is 3.49. The van der Waals surface area contributed by atoms with Gasteiger partial charge in [0.2, 0.25) is 0 Å². The van der Waals surface area contributed by atoms with Gasteiger partial charge in [-0.2, -0.15) is 0 Å². The largest absolute Gasteiger partial charge is 0.393 e. The summed E-state index contributed by atoms with van der Waals surface area (Å²) in [6, 6.07) is 0. The van der Waals surface area contributed by atoms with E-state index in [0.29, 0.717) is 5.92 Å². The first-order valence-corrected chi connectivity index (χ1v) is 5.08. The Labute approximate surface area is 72.0 Å². The monoisotopic (exact) mass is 208 g/mol. The number of rotatable bonds is 5. The number of hydrogen-bond donors (Lipinski definition) is 1. The summed E-state index contributed by atoms with van der Waals surface area (Å²) in [7, 11) is 0. The van der Waals surface area contributed by atoms with Crippen LogP contribution in [0.25, 0.3) is 0 Å². The van der Waals surface area contributed by atoms with E-state index in [4.69, 9.17) is 0 Å². The van der Waals surface area contributed by atoms with Crippen molar-refractivity contribution in [3.63, 3.8) is 0 Å². The van der Waals surface area contributed by atoms with Gasteiger partial charge in [0.15, 0.2) is 0 Å². The summed E-state index contributed by atoms with van der Waals surface area (Å²) in [6.07, 6.45) is 3.15. The maximum atomic E-state index is 9.42. The van der Waals surface area contributed by atoms with Gasteiger partial charge in [-0.15, -0.1) is 0 Å². The van der Waals surface area contributed by atoms with Crippen LogP contribution in [0.3, 0.4) is 0 Å². The maximum absolute atomic E-state index is 9.42. The van der Waals surface area contributed by atoms with E-state index >= 15 is 0 Å². The lowest BCUT2D eigenvalue weighted by Gasteiger charge is -2.15. The second kappa shape index (κ2) is 6.17. The summed E-state index contributed by atoms with van der Waals surface area (Å²) in [5.74, 6) is 0.395. The van der Waals surface area contributed by atoms with Gasteiger partial charge in [0.05, 0.1) is 6.10 Å². The Morgan fingerprint density at radius 3 is 2.50 bits per heavy atom. The molecule has 2 atom stereocenters. The molecule has 0 amide bonds. The topological polar surface area (TPSA) is 20.2 Å². The van der Waals surface area contributed by atoms with Crippen LogP contribution in [0.1, 0.15) is 33.1 Å². The van der Waals surface area contributed by atoms with E-state index in [1.807, 2.05) is 0 Å². The van der Waals surface area contributed by atoms with Crippen molar-refractivity contribution in [1.29, 1.82) is 0 Å². The standard InChI is InChI=1S/C8H17BrO/c1-3-4-5-8(10)7(2)6-9/h7-8,10H,3-6H2,1-2H3. The molecule has 0 fully saturated rings. The van der Waals surface area contributed by atoms with Crippen LogP contribution in [0.4, 0.5) is 0 Å². The van der Waals surface area contributed by atoms with Gasteiger partial charge in [-0.05, 0) is 12.3 Å². The van der Waals surface area contributed by atoms with Crippen molar-refractivity contribution in [3.8, 4) is 0 Å². The Morgan fingerprint density at radius 2 is 2.10 bits per heavy atom. The van der Waals surface area contributed by atoms with Crippen molar-refractivity contribution in [1.82, 2.24) is 0 Å². The van der Waals surface area contributed by atoms with Gasteiger partial charge in [-0.3, -0.25) is 0 Å². The molecule has 0 rings (SSSR count). The molecule has 0 saturated heterocycles. The minimum Gasteiger partial charge on any atom is -0.393 e. The van der Waals surface area contributed by atoms with Crippen LogP contribution in [-0.2, 0) is 0 Å². The van der Waals surface area contributed by atoms with Crippen LogP contribution < -0.4 is 0 Å². The Balaban J connectivity index is 3.31. The van der Waals surface area contributed by atoms with Crippen LogP contribution in [0.15, 0.2) is 0 Å². The van der Waals surface area contributed by atoms with Gasteiger partial charge in [0, 0.05) is 5.33 Å². The number of unbranched alkanes of at least 4 members (excludes halogenated alkanes) is 1. The van der Waals surface area contributed by atoms with E-state index < -0.39 is 0 Å². The summed E-state index contributed by atoms with van der Waals surface area (Å²) >= 11 is 3.35. The molecule has 0 aliphatic rings. The van der Waals surface area contributed by atoms with Crippen molar-refractivity contribution in [3.05, 3.63) is 0 Å². The van der Waals surface area contributed by atoms with Gasteiger partial charge in [0.1, 0.15) is 0 Å². The second-order valence-electron chi connectivity index (χ2n) is 2.84. The van der Waals surface area contributed by atoms with E-state index in [1.165, 1.54) is 6.42 Å². The molecule has 0 aromatic rings. The summed E-state index contributed by atoms with van der Waals surface area (Å²) in [5, 5.41) is 10.3. The quantitative estimate of drug-likeness (QED) is 0.690. The van der Waals surface area contributed by atoms with Crippen molar-refractivity contribution in [2.45, 2.75) is 39.2 Å². The molecular weight excluding hydrogens is 192 g/mol. The third kappa shape index (κ3) is 4.29. The summed E-state index contributed by atoms with van der Waals surface area (Å²) in [4.78, 5) is 0. The average molecular weight is 209 g/mol. The number of aliphatic hydroxyl groups excluding tert-OH is 1. The Kier molecular flexibility index (Phi) is 6.44. The Hall–Kier alpha value is 0.440. The number of halogens is 1. The van der Waals surface area contributed by atoms with Crippen LogP contribution in [0.2, 0.25) is 0 Å². The molecule has 0 aromatic heterocycles. The summed E-state index contributed by atoms with van der Waals surface area (Å²) in [5.41, 5.74) is 0. The molecule has 0 aromatic carbocycles. The molecule has 1 N–H and O–H groups in total. The first-order valence-electron chi connectivity index (χ1n) is 3.96. The molecule has 2 unspecified atom stereocenters. The van der Waals surface area contributed by atoms with E-state index in [0.717, 1.165) is 18.2 Å². The zero-order valence-electron chi connectivity index (χ0n) is 6.81. The summed E-state index contributed by atoms with van der Waals surface area (Å²) < 4.78 is 0. The molecular formula is C8H17BrO. The molecule has 10 heavy (non-hydrogen) atoms. The van der Waals surface area contributed by atoms with Crippen LogP contribution in [0, 0.1) is 5.92 Å². The van der Waals surface area contributed by atoms with E-state index in [1.54, 1.807) is 0 Å². The van der Waals surface area contributed by atoms with Gasteiger partial charge < -0.3 is 5.11 Å². The highest BCUT2D eigenvalue weighted by Gasteiger charge is 2.10. The third-order valence-electron chi connectivity index (χ3n) is 1.75. The van der Waals surface area contributed by atoms with Gasteiger partial charge in [0.25, 0.3) is 0 Å². The first kappa shape index (κ1) is 10.4. The SMILES string of the molecule is CCCCC(O)C(C)CBr. The molecule has 0 heterocycles. The molecule has 0 spiro atoms. The van der Waals surface area contributed by atoms with E-state index in [-0.39, 0.29) is 6.10 Å². The predicted molar refractivity (Wildman–Crippen MR) is 48.5 cm³/mol.